The third-order valence-electron chi connectivity index (χ3n) is 3.67. The van der Waals surface area contributed by atoms with Crippen LogP contribution in [0, 0.1) is 5.82 Å². The first-order chi connectivity index (χ1) is 9.58. The number of likely N-dealkylation sites (tertiary alicyclic amines) is 1. The number of hydrogen-bond acceptors (Lipinski definition) is 4. The van der Waals surface area contributed by atoms with Crippen LogP contribution in [0.4, 0.5) is 4.39 Å². The Bertz CT molecular complexity index is 554. The molecule has 2 amide bonds. The van der Waals surface area contributed by atoms with Gasteiger partial charge in [-0.3, -0.25) is 14.6 Å². The van der Waals surface area contributed by atoms with Crippen molar-refractivity contribution in [3.05, 3.63) is 29.8 Å². The maximum absolute atomic E-state index is 13.1. The molecule has 1 N–H and O–H groups in total. The zero-order valence-electron chi connectivity index (χ0n) is 10.8. The molecular formula is C13H14FN3O3. The molecule has 20 heavy (non-hydrogen) atoms. The van der Waals surface area contributed by atoms with E-state index in [4.69, 9.17) is 4.74 Å². The number of ether oxygens (including phenoxy) is 1. The van der Waals surface area contributed by atoms with Crippen molar-refractivity contribution in [3.63, 3.8) is 0 Å². The molecule has 1 aromatic heterocycles. The zero-order chi connectivity index (χ0) is 14.2. The summed E-state index contributed by atoms with van der Waals surface area (Å²) in [5.74, 6) is -0.949. The van der Waals surface area contributed by atoms with Gasteiger partial charge in [-0.15, -0.1) is 0 Å². The van der Waals surface area contributed by atoms with E-state index in [0.717, 1.165) is 6.20 Å². The summed E-state index contributed by atoms with van der Waals surface area (Å²) in [6, 6.07) is 1.17. The summed E-state index contributed by atoms with van der Waals surface area (Å²) in [5, 5.41) is 2.75. The lowest BCUT2D eigenvalue weighted by Gasteiger charge is -2.33. The fourth-order valence-electron chi connectivity index (χ4n) is 2.57. The van der Waals surface area contributed by atoms with Crippen molar-refractivity contribution < 1.29 is 18.7 Å². The highest BCUT2D eigenvalue weighted by atomic mass is 19.1. The third kappa shape index (κ3) is 2.36. The number of amides is 2. The van der Waals surface area contributed by atoms with Crippen LogP contribution in [0.3, 0.4) is 0 Å². The number of aromatic nitrogens is 1. The summed E-state index contributed by atoms with van der Waals surface area (Å²) < 4.78 is 18.7. The average Bonchev–Trinajstić information content (AvgIpc) is 2.86. The van der Waals surface area contributed by atoms with E-state index in [9.17, 15) is 14.0 Å². The molecule has 0 aromatic carbocycles. The minimum atomic E-state index is -0.536. The Hall–Kier alpha value is -2.02. The molecule has 2 fully saturated rings. The molecule has 2 aliphatic rings. The lowest BCUT2D eigenvalue weighted by molar-refractivity contribution is -0.141. The third-order valence-corrected chi connectivity index (χ3v) is 3.67. The van der Waals surface area contributed by atoms with Crippen LogP contribution < -0.4 is 5.32 Å². The lowest BCUT2D eigenvalue weighted by atomic mass is 10.0. The van der Waals surface area contributed by atoms with Gasteiger partial charge in [-0.25, -0.2) is 4.39 Å². The molecule has 2 saturated heterocycles. The first kappa shape index (κ1) is 13.0. The van der Waals surface area contributed by atoms with Crippen LogP contribution in [0.1, 0.15) is 16.8 Å². The van der Waals surface area contributed by atoms with E-state index in [2.05, 4.69) is 10.3 Å². The molecule has 1 aromatic rings. The van der Waals surface area contributed by atoms with Crippen molar-refractivity contribution in [2.24, 2.45) is 0 Å². The van der Waals surface area contributed by atoms with Crippen molar-refractivity contribution in [1.29, 1.82) is 0 Å². The molecule has 3 rings (SSSR count). The van der Waals surface area contributed by atoms with Crippen LogP contribution in [0.25, 0.3) is 0 Å². The minimum Gasteiger partial charge on any atom is -0.361 e. The van der Waals surface area contributed by atoms with E-state index < -0.39 is 11.4 Å². The fourth-order valence-corrected chi connectivity index (χ4v) is 2.57. The molecule has 0 bridgehead atoms. The van der Waals surface area contributed by atoms with Crippen LogP contribution in [0.15, 0.2) is 18.5 Å². The molecular weight excluding hydrogens is 265 g/mol. The maximum atomic E-state index is 13.1. The number of halogens is 1. The van der Waals surface area contributed by atoms with Gasteiger partial charge in [0.2, 0.25) is 5.91 Å². The van der Waals surface area contributed by atoms with Gasteiger partial charge in [0, 0.05) is 19.3 Å². The molecule has 106 valence electrons. The molecule has 1 atom stereocenters. The summed E-state index contributed by atoms with van der Waals surface area (Å²) >= 11 is 0. The van der Waals surface area contributed by atoms with E-state index in [1.165, 1.54) is 12.3 Å². The number of rotatable bonds is 1. The first-order valence-electron chi connectivity index (χ1n) is 6.38. The van der Waals surface area contributed by atoms with Crippen LogP contribution in [-0.2, 0) is 9.53 Å². The summed E-state index contributed by atoms with van der Waals surface area (Å²) in [7, 11) is 0. The van der Waals surface area contributed by atoms with E-state index in [-0.39, 0.29) is 24.0 Å². The Morgan fingerprint density at radius 2 is 2.35 bits per heavy atom. The number of carbonyl (C=O) groups excluding carboxylic acids is 2. The second-order valence-corrected chi connectivity index (χ2v) is 5.12. The van der Waals surface area contributed by atoms with Gasteiger partial charge in [-0.2, -0.15) is 0 Å². The molecule has 0 radical (unpaired) electrons. The molecule has 0 aliphatic carbocycles. The second kappa shape index (κ2) is 4.82. The van der Waals surface area contributed by atoms with E-state index in [0.29, 0.717) is 26.1 Å². The average molecular weight is 279 g/mol. The van der Waals surface area contributed by atoms with Crippen LogP contribution in [0.5, 0.6) is 0 Å². The lowest BCUT2D eigenvalue weighted by Crippen LogP contribution is -2.54. The first-order valence-corrected chi connectivity index (χ1v) is 6.38. The standard InChI is InChI=1S/C13H14FN3O3/c14-10-3-9(4-15-5-10)12(19)17-2-1-13(8-17)7-16-11(18)6-20-13/h3-5H,1-2,6-8H2,(H,16,18). The SMILES string of the molecule is O=C1COC2(CCN(C(=O)c3cncc(F)c3)C2)CN1. The van der Waals surface area contributed by atoms with Crippen LogP contribution >= 0.6 is 0 Å². The molecule has 2 aliphatic heterocycles. The minimum absolute atomic E-state index is 0.0174. The summed E-state index contributed by atoms with van der Waals surface area (Å²) in [5.41, 5.74) is -0.286. The number of hydrogen-bond donors (Lipinski definition) is 1. The van der Waals surface area contributed by atoms with Gasteiger partial charge in [0.15, 0.2) is 0 Å². The maximum Gasteiger partial charge on any atom is 0.255 e. The quantitative estimate of drug-likeness (QED) is 0.782. The molecule has 1 spiro atoms. The van der Waals surface area contributed by atoms with Gasteiger partial charge in [0.25, 0.3) is 5.91 Å². The van der Waals surface area contributed by atoms with E-state index in [1.807, 2.05) is 0 Å². The largest absolute Gasteiger partial charge is 0.361 e. The number of carbonyl (C=O) groups is 2. The predicted molar refractivity (Wildman–Crippen MR) is 66.4 cm³/mol. The molecule has 0 saturated carbocycles. The van der Waals surface area contributed by atoms with Crippen molar-refractivity contribution in [1.82, 2.24) is 15.2 Å². The normalized spacial score (nSPS) is 25.9. The number of nitrogens with zero attached hydrogens (tertiary/aromatic N) is 2. The Balaban J connectivity index is 1.71. The second-order valence-electron chi connectivity index (χ2n) is 5.12. The van der Waals surface area contributed by atoms with Gasteiger partial charge in [-0.05, 0) is 12.5 Å². The summed E-state index contributed by atoms with van der Waals surface area (Å²) in [6.45, 7) is 1.33. The van der Waals surface area contributed by atoms with Crippen molar-refractivity contribution in [3.8, 4) is 0 Å². The Kier molecular flexibility index (Phi) is 3.13. The zero-order valence-corrected chi connectivity index (χ0v) is 10.8. The Morgan fingerprint density at radius 3 is 3.05 bits per heavy atom. The summed E-state index contributed by atoms with van der Waals surface area (Å²) in [6.07, 6.45) is 3.06. The molecule has 7 heteroatoms. The van der Waals surface area contributed by atoms with Gasteiger partial charge >= 0.3 is 0 Å². The monoisotopic (exact) mass is 279 g/mol. The van der Waals surface area contributed by atoms with Gasteiger partial charge in [0.05, 0.1) is 18.3 Å². The summed E-state index contributed by atoms with van der Waals surface area (Å²) in [4.78, 5) is 28.7. The molecule has 3 heterocycles. The highest BCUT2D eigenvalue weighted by Gasteiger charge is 2.43. The number of morpholine rings is 1. The van der Waals surface area contributed by atoms with Gasteiger partial charge in [-0.1, -0.05) is 0 Å². The Morgan fingerprint density at radius 1 is 1.50 bits per heavy atom. The molecule has 1 unspecified atom stereocenters. The number of pyridine rings is 1. The highest BCUT2D eigenvalue weighted by Crippen LogP contribution is 2.27. The van der Waals surface area contributed by atoms with E-state index >= 15 is 0 Å². The van der Waals surface area contributed by atoms with E-state index in [1.54, 1.807) is 4.90 Å². The van der Waals surface area contributed by atoms with Crippen molar-refractivity contribution in [2.75, 3.05) is 26.2 Å². The predicted octanol–water partition coefficient (Wildman–Crippen LogP) is -0.0482. The topological polar surface area (TPSA) is 71.5 Å². The van der Waals surface area contributed by atoms with Gasteiger partial charge < -0.3 is 15.0 Å². The highest BCUT2D eigenvalue weighted by molar-refractivity contribution is 5.94. The van der Waals surface area contributed by atoms with Crippen molar-refractivity contribution in [2.45, 2.75) is 12.0 Å². The van der Waals surface area contributed by atoms with Crippen LogP contribution in [-0.4, -0.2) is 53.5 Å². The number of nitrogens with one attached hydrogen (secondary N) is 1. The smallest absolute Gasteiger partial charge is 0.255 e. The molecule has 6 nitrogen and oxygen atoms in total. The van der Waals surface area contributed by atoms with Crippen molar-refractivity contribution >= 4 is 11.8 Å². The van der Waals surface area contributed by atoms with Gasteiger partial charge in [0.1, 0.15) is 18.0 Å². The van der Waals surface area contributed by atoms with Crippen LogP contribution in [0.2, 0.25) is 0 Å². The Labute approximate surface area is 114 Å². The fraction of sp³-hybridized carbons (Fsp3) is 0.462.